The summed E-state index contributed by atoms with van der Waals surface area (Å²) in [5, 5.41) is 0. The third-order valence-corrected chi connectivity index (χ3v) is 5.22. The van der Waals surface area contributed by atoms with Crippen molar-refractivity contribution in [1.29, 1.82) is 0 Å². The van der Waals surface area contributed by atoms with Gasteiger partial charge < -0.3 is 5.73 Å². The van der Waals surface area contributed by atoms with Crippen LogP contribution in [0.2, 0.25) is 0 Å². The average molecular weight is 272 g/mol. The molecule has 1 fully saturated rings. The van der Waals surface area contributed by atoms with Crippen LogP contribution in [0.4, 0.5) is 0 Å². The van der Waals surface area contributed by atoms with E-state index in [1.165, 1.54) is 49.8 Å². The van der Waals surface area contributed by atoms with E-state index in [9.17, 15) is 0 Å². The minimum Gasteiger partial charge on any atom is -0.328 e. The second-order valence-corrected chi connectivity index (χ2v) is 6.94. The molecule has 1 unspecified atom stereocenters. The van der Waals surface area contributed by atoms with Crippen molar-refractivity contribution in [2.45, 2.75) is 57.5 Å². The maximum absolute atomic E-state index is 6.35. The van der Waals surface area contributed by atoms with E-state index >= 15 is 0 Å². The van der Waals surface area contributed by atoms with Crippen LogP contribution < -0.4 is 5.73 Å². The molecule has 0 bridgehead atoms. The molecule has 0 aromatic heterocycles. The van der Waals surface area contributed by atoms with Gasteiger partial charge in [-0.1, -0.05) is 24.3 Å². The van der Waals surface area contributed by atoms with Crippen LogP contribution in [0.5, 0.6) is 0 Å². The Balaban J connectivity index is 2.01. The van der Waals surface area contributed by atoms with Gasteiger partial charge in [-0.05, 0) is 63.0 Å². The zero-order valence-corrected chi connectivity index (χ0v) is 12.9. The van der Waals surface area contributed by atoms with Crippen LogP contribution in [0.15, 0.2) is 24.3 Å². The third kappa shape index (κ3) is 2.40. The van der Waals surface area contributed by atoms with Crippen molar-refractivity contribution in [2.24, 2.45) is 11.7 Å². The maximum Gasteiger partial charge on any atom is 0.0588 e. The van der Waals surface area contributed by atoms with E-state index in [1.807, 2.05) is 0 Å². The molecule has 2 heteroatoms. The quantitative estimate of drug-likeness (QED) is 0.891. The zero-order valence-electron chi connectivity index (χ0n) is 12.9. The van der Waals surface area contributed by atoms with Crippen LogP contribution in [0.1, 0.15) is 50.7 Å². The Kier molecular flexibility index (Phi) is 3.87. The van der Waals surface area contributed by atoms with Gasteiger partial charge in [0.05, 0.1) is 5.54 Å². The lowest BCUT2D eigenvalue weighted by atomic mass is 9.74. The number of fused-ring (bicyclic) bond motifs is 1. The number of nitrogens with two attached hydrogens (primary N) is 1. The fourth-order valence-electron chi connectivity index (χ4n) is 3.98. The molecule has 0 radical (unpaired) electrons. The van der Waals surface area contributed by atoms with Crippen molar-refractivity contribution in [3.63, 3.8) is 0 Å². The van der Waals surface area contributed by atoms with E-state index in [0.717, 1.165) is 12.5 Å². The minimum atomic E-state index is 0.0750. The van der Waals surface area contributed by atoms with Crippen molar-refractivity contribution in [3.8, 4) is 0 Å². The predicted octanol–water partition coefficient (Wildman–Crippen LogP) is 3.30. The molecule has 1 atom stereocenters. The van der Waals surface area contributed by atoms with Gasteiger partial charge >= 0.3 is 0 Å². The van der Waals surface area contributed by atoms with Crippen LogP contribution in [0.25, 0.3) is 0 Å². The van der Waals surface area contributed by atoms with Crippen molar-refractivity contribution < 1.29 is 0 Å². The van der Waals surface area contributed by atoms with E-state index < -0.39 is 0 Å². The van der Waals surface area contributed by atoms with Gasteiger partial charge in [-0.2, -0.15) is 0 Å². The van der Waals surface area contributed by atoms with Crippen molar-refractivity contribution in [2.75, 3.05) is 13.1 Å². The number of nitrogens with zero attached hydrogens (tertiary/aromatic N) is 1. The number of hydrogen-bond acceptors (Lipinski definition) is 2. The molecule has 0 spiro atoms. The highest BCUT2D eigenvalue weighted by atomic mass is 15.2. The lowest BCUT2D eigenvalue weighted by Crippen LogP contribution is -2.56. The second kappa shape index (κ2) is 5.50. The van der Waals surface area contributed by atoms with E-state index in [2.05, 4.69) is 43.0 Å². The SMILES string of the molecule is CC(C)N(CC1CC1)C1(CN)CCCc2ccccc21. The van der Waals surface area contributed by atoms with Crippen LogP contribution >= 0.6 is 0 Å². The van der Waals surface area contributed by atoms with E-state index in [1.54, 1.807) is 0 Å². The summed E-state index contributed by atoms with van der Waals surface area (Å²) in [5.74, 6) is 0.912. The van der Waals surface area contributed by atoms with Crippen LogP contribution in [0.3, 0.4) is 0 Å². The minimum absolute atomic E-state index is 0.0750. The van der Waals surface area contributed by atoms with Gasteiger partial charge in [-0.3, -0.25) is 4.90 Å². The summed E-state index contributed by atoms with van der Waals surface area (Å²) in [6.07, 6.45) is 6.51. The first-order valence-corrected chi connectivity index (χ1v) is 8.22. The van der Waals surface area contributed by atoms with Crippen LogP contribution in [-0.4, -0.2) is 24.0 Å². The normalized spacial score (nSPS) is 26.1. The average Bonchev–Trinajstić information content (AvgIpc) is 3.28. The summed E-state index contributed by atoms with van der Waals surface area (Å²) in [4.78, 5) is 2.71. The van der Waals surface area contributed by atoms with Crippen molar-refractivity contribution in [3.05, 3.63) is 35.4 Å². The van der Waals surface area contributed by atoms with Gasteiger partial charge in [0, 0.05) is 19.1 Å². The summed E-state index contributed by atoms with van der Waals surface area (Å²) in [5.41, 5.74) is 9.44. The number of rotatable bonds is 5. The molecule has 20 heavy (non-hydrogen) atoms. The first kappa shape index (κ1) is 14.1. The Hall–Kier alpha value is -0.860. The highest BCUT2D eigenvalue weighted by Crippen LogP contribution is 2.43. The van der Waals surface area contributed by atoms with E-state index in [0.29, 0.717) is 6.04 Å². The maximum atomic E-state index is 6.35. The topological polar surface area (TPSA) is 29.3 Å². The van der Waals surface area contributed by atoms with E-state index in [4.69, 9.17) is 5.73 Å². The number of hydrogen-bond donors (Lipinski definition) is 1. The smallest absolute Gasteiger partial charge is 0.0588 e. The molecule has 1 aromatic rings. The molecule has 1 aromatic carbocycles. The largest absolute Gasteiger partial charge is 0.328 e. The Morgan fingerprint density at radius 1 is 1.30 bits per heavy atom. The summed E-state index contributed by atoms with van der Waals surface area (Å²) in [7, 11) is 0. The molecule has 0 aliphatic heterocycles. The van der Waals surface area contributed by atoms with E-state index in [-0.39, 0.29) is 5.54 Å². The highest BCUT2D eigenvalue weighted by Gasteiger charge is 2.43. The van der Waals surface area contributed by atoms with Gasteiger partial charge in [0.15, 0.2) is 0 Å². The van der Waals surface area contributed by atoms with Gasteiger partial charge in [-0.25, -0.2) is 0 Å². The Morgan fingerprint density at radius 2 is 2.05 bits per heavy atom. The summed E-state index contributed by atoms with van der Waals surface area (Å²) >= 11 is 0. The van der Waals surface area contributed by atoms with Gasteiger partial charge in [0.1, 0.15) is 0 Å². The summed E-state index contributed by atoms with van der Waals surface area (Å²) in [6, 6.07) is 9.54. The first-order valence-electron chi connectivity index (χ1n) is 8.22. The molecule has 2 nitrogen and oxygen atoms in total. The Bertz CT molecular complexity index is 464. The highest BCUT2D eigenvalue weighted by molar-refractivity contribution is 5.37. The van der Waals surface area contributed by atoms with Crippen LogP contribution in [-0.2, 0) is 12.0 Å². The Morgan fingerprint density at radius 3 is 2.70 bits per heavy atom. The zero-order chi connectivity index (χ0) is 14.2. The Labute approximate surface area is 123 Å². The molecular weight excluding hydrogens is 244 g/mol. The lowest BCUT2D eigenvalue weighted by molar-refractivity contribution is 0.0387. The fourth-order valence-corrected chi connectivity index (χ4v) is 3.98. The molecular formula is C18H28N2. The molecule has 2 N–H and O–H groups in total. The van der Waals surface area contributed by atoms with Crippen LogP contribution in [0, 0.1) is 5.92 Å². The second-order valence-electron chi connectivity index (χ2n) is 6.94. The van der Waals surface area contributed by atoms with Gasteiger partial charge in [0.25, 0.3) is 0 Å². The van der Waals surface area contributed by atoms with Gasteiger partial charge in [-0.15, -0.1) is 0 Å². The predicted molar refractivity (Wildman–Crippen MR) is 84.7 cm³/mol. The molecule has 0 heterocycles. The number of benzene rings is 1. The summed E-state index contributed by atoms with van der Waals surface area (Å²) in [6.45, 7) is 6.63. The standard InChI is InChI=1S/C18H28N2/c1-14(2)20(12-15-9-10-15)18(13-19)11-5-7-16-6-3-4-8-17(16)18/h3-4,6,8,14-15H,5,7,9-13,19H2,1-2H3. The monoisotopic (exact) mass is 272 g/mol. The molecule has 3 rings (SSSR count). The first-order chi connectivity index (χ1) is 9.67. The number of aryl methyl sites for hydroxylation is 1. The molecule has 2 aliphatic rings. The molecule has 0 amide bonds. The third-order valence-electron chi connectivity index (χ3n) is 5.22. The van der Waals surface area contributed by atoms with Crippen molar-refractivity contribution in [1.82, 2.24) is 4.90 Å². The molecule has 1 saturated carbocycles. The molecule has 2 aliphatic carbocycles. The molecule has 0 saturated heterocycles. The lowest BCUT2D eigenvalue weighted by Gasteiger charge is -2.49. The van der Waals surface area contributed by atoms with Crippen molar-refractivity contribution >= 4 is 0 Å². The van der Waals surface area contributed by atoms with Gasteiger partial charge in [0.2, 0.25) is 0 Å². The molecule has 110 valence electrons. The fraction of sp³-hybridized carbons (Fsp3) is 0.667. The summed E-state index contributed by atoms with van der Waals surface area (Å²) < 4.78 is 0.